The quantitative estimate of drug-likeness (QED) is 0.894. The van der Waals surface area contributed by atoms with Crippen LogP contribution in [0, 0.1) is 6.92 Å². The van der Waals surface area contributed by atoms with E-state index >= 15 is 0 Å². The number of nitrogens with one attached hydrogen (secondary N) is 2. The van der Waals surface area contributed by atoms with Gasteiger partial charge in [-0.3, -0.25) is 9.88 Å². The number of pyridine rings is 1. The lowest BCUT2D eigenvalue weighted by molar-refractivity contribution is 0.318. The number of hydrogen-bond donors (Lipinski definition) is 2. The summed E-state index contributed by atoms with van der Waals surface area (Å²) in [4.78, 5) is 14.6. The van der Waals surface area contributed by atoms with Gasteiger partial charge < -0.3 is 10.3 Å². The van der Waals surface area contributed by atoms with Crippen LogP contribution in [0.4, 0.5) is 5.69 Å². The van der Waals surface area contributed by atoms with Gasteiger partial charge in [0.1, 0.15) is 5.82 Å². The second kappa shape index (κ2) is 5.63. The predicted molar refractivity (Wildman–Crippen MR) is 79.7 cm³/mol. The van der Waals surface area contributed by atoms with Crippen molar-refractivity contribution in [3.05, 3.63) is 41.7 Å². The zero-order chi connectivity index (χ0) is 13.9. The van der Waals surface area contributed by atoms with Crippen LogP contribution in [0.15, 0.2) is 24.5 Å². The molecule has 3 rings (SSSR count). The first-order valence-corrected chi connectivity index (χ1v) is 7.11. The number of hydrogen-bond acceptors (Lipinski definition) is 4. The van der Waals surface area contributed by atoms with Gasteiger partial charge in [-0.15, -0.1) is 0 Å². The van der Waals surface area contributed by atoms with E-state index in [0.717, 1.165) is 36.8 Å². The van der Waals surface area contributed by atoms with Crippen molar-refractivity contribution in [2.24, 2.45) is 0 Å². The van der Waals surface area contributed by atoms with Crippen LogP contribution in [0.25, 0.3) is 0 Å². The van der Waals surface area contributed by atoms with E-state index in [-0.39, 0.29) is 0 Å². The van der Waals surface area contributed by atoms with Crippen molar-refractivity contribution in [2.45, 2.75) is 25.8 Å². The Morgan fingerprint density at radius 2 is 2.35 bits per heavy atom. The smallest absolute Gasteiger partial charge is 0.120 e. The second-order valence-electron chi connectivity index (χ2n) is 5.43. The van der Waals surface area contributed by atoms with E-state index in [4.69, 9.17) is 4.98 Å². The van der Waals surface area contributed by atoms with E-state index in [0.29, 0.717) is 5.92 Å². The van der Waals surface area contributed by atoms with Crippen molar-refractivity contribution in [3.63, 3.8) is 0 Å². The molecule has 0 saturated carbocycles. The molecular formula is C15H21N5. The van der Waals surface area contributed by atoms with Gasteiger partial charge in [0.2, 0.25) is 0 Å². The highest BCUT2D eigenvalue weighted by Crippen LogP contribution is 2.28. The van der Waals surface area contributed by atoms with Crippen molar-refractivity contribution in [1.29, 1.82) is 0 Å². The summed E-state index contributed by atoms with van der Waals surface area (Å²) in [5.74, 6) is 1.57. The lowest BCUT2D eigenvalue weighted by atomic mass is 10.0. The summed E-state index contributed by atoms with van der Waals surface area (Å²) >= 11 is 0. The van der Waals surface area contributed by atoms with Crippen molar-refractivity contribution in [3.8, 4) is 0 Å². The average molecular weight is 271 g/mol. The number of rotatable bonds is 4. The third kappa shape index (κ3) is 2.82. The molecule has 5 heteroatoms. The zero-order valence-corrected chi connectivity index (χ0v) is 12.1. The lowest BCUT2D eigenvalue weighted by Gasteiger charge is -2.15. The van der Waals surface area contributed by atoms with Gasteiger partial charge in [-0.2, -0.15) is 0 Å². The molecule has 1 fully saturated rings. The minimum atomic E-state index is 0.525. The van der Waals surface area contributed by atoms with E-state index in [1.54, 1.807) is 0 Å². The molecule has 2 aromatic heterocycles. The average Bonchev–Trinajstić information content (AvgIpc) is 3.10. The third-order valence-electron chi connectivity index (χ3n) is 3.88. The summed E-state index contributed by atoms with van der Waals surface area (Å²) in [6, 6.07) is 4.26. The molecule has 5 nitrogen and oxygen atoms in total. The van der Waals surface area contributed by atoms with Gasteiger partial charge in [0.05, 0.1) is 6.54 Å². The monoisotopic (exact) mass is 271 g/mol. The molecule has 1 atom stereocenters. The number of aromatic amines is 1. The third-order valence-corrected chi connectivity index (χ3v) is 3.88. The minimum Gasteiger partial charge on any atom is -0.388 e. The minimum absolute atomic E-state index is 0.525. The van der Waals surface area contributed by atoms with Crippen LogP contribution in [-0.2, 0) is 6.54 Å². The number of H-pyrrole nitrogens is 1. The maximum atomic E-state index is 4.71. The van der Waals surface area contributed by atoms with E-state index < -0.39 is 0 Å². The largest absolute Gasteiger partial charge is 0.388 e. The fraction of sp³-hybridized carbons (Fsp3) is 0.467. The molecule has 106 valence electrons. The highest BCUT2D eigenvalue weighted by molar-refractivity contribution is 5.45. The highest BCUT2D eigenvalue weighted by Gasteiger charge is 2.25. The highest BCUT2D eigenvalue weighted by atomic mass is 15.2. The van der Waals surface area contributed by atoms with Crippen LogP contribution in [0.5, 0.6) is 0 Å². The normalized spacial score (nSPS) is 19.4. The van der Waals surface area contributed by atoms with Gasteiger partial charge in [0.25, 0.3) is 0 Å². The van der Waals surface area contributed by atoms with E-state index in [1.165, 1.54) is 12.1 Å². The van der Waals surface area contributed by atoms with Crippen LogP contribution >= 0.6 is 0 Å². The van der Waals surface area contributed by atoms with E-state index in [1.807, 2.05) is 19.4 Å². The Kier molecular flexibility index (Phi) is 3.69. The Hall–Kier alpha value is -1.88. The maximum absolute atomic E-state index is 4.71. The summed E-state index contributed by atoms with van der Waals surface area (Å²) in [6.45, 7) is 5.12. The first kappa shape index (κ1) is 13.1. The van der Waals surface area contributed by atoms with E-state index in [2.05, 4.69) is 39.2 Å². The van der Waals surface area contributed by atoms with Gasteiger partial charge in [-0.05, 0) is 32.0 Å². The maximum Gasteiger partial charge on any atom is 0.120 e. The number of aryl methyl sites for hydroxylation is 1. The molecule has 1 unspecified atom stereocenters. The van der Waals surface area contributed by atoms with Crippen LogP contribution < -0.4 is 5.32 Å². The van der Waals surface area contributed by atoms with Gasteiger partial charge in [0.15, 0.2) is 0 Å². The van der Waals surface area contributed by atoms with Crippen molar-refractivity contribution in [1.82, 2.24) is 19.9 Å². The van der Waals surface area contributed by atoms with Gasteiger partial charge >= 0.3 is 0 Å². The number of aromatic nitrogens is 3. The Labute approximate surface area is 119 Å². The van der Waals surface area contributed by atoms with Gasteiger partial charge in [-0.25, -0.2) is 4.98 Å². The fourth-order valence-corrected chi connectivity index (χ4v) is 2.86. The molecular weight excluding hydrogens is 250 g/mol. The summed E-state index contributed by atoms with van der Waals surface area (Å²) in [7, 11) is 1.95. The number of nitrogens with zero attached hydrogens (tertiary/aromatic N) is 3. The van der Waals surface area contributed by atoms with E-state index in [9.17, 15) is 0 Å². The van der Waals surface area contributed by atoms with Crippen molar-refractivity contribution >= 4 is 5.69 Å². The van der Waals surface area contributed by atoms with Crippen molar-refractivity contribution < 1.29 is 0 Å². The van der Waals surface area contributed by atoms with Gasteiger partial charge in [0, 0.05) is 49.0 Å². The summed E-state index contributed by atoms with van der Waals surface area (Å²) in [6.07, 6.45) is 4.86. The van der Waals surface area contributed by atoms with Crippen LogP contribution in [-0.4, -0.2) is 40.0 Å². The SMILES string of the molecule is CNc1cc(C)nc(C2CCN(Cc3ncc[nH]3)C2)c1. The molecule has 1 saturated heterocycles. The Morgan fingerprint density at radius 1 is 1.45 bits per heavy atom. The molecule has 3 heterocycles. The molecule has 2 aromatic rings. The molecule has 1 aliphatic heterocycles. The molecule has 0 spiro atoms. The predicted octanol–water partition coefficient (Wildman–Crippen LogP) is 2.14. The molecule has 0 aliphatic carbocycles. The first-order chi connectivity index (χ1) is 9.74. The molecule has 0 bridgehead atoms. The Bertz CT molecular complexity index is 564. The second-order valence-corrected chi connectivity index (χ2v) is 5.43. The summed E-state index contributed by atoms with van der Waals surface area (Å²) < 4.78 is 0. The number of anilines is 1. The molecule has 2 N–H and O–H groups in total. The van der Waals surface area contributed by atoms with Crippen LogP contribution in [0.3, 0.4) is 0 Å². The van der Waals surface area contributed by atoms with Crippen LogP contribution in [0.2, 0.25) is 0 Å². The standard InChI is InChI=1S/C15H21N5/c1-11-7-13(16-2)8-14(19-11)12-3-6-20(9-12)10-15-17-4-5-18-15/h4-5,7-8,12H,3,6,9-10H2,1-2H3,(H,16,19)(H,17,18). The summed E-state index contributed by atoms with van der Waals surface area (Å²) in [5.41, 5.74) is 3.43. The molecule has 0 aromatic carbocycles. The fourth-order valence-electron chi connectivity index (χ4n) is 2.86. The molecule has 0 radical (unpaired) electrons. The Balaban J connectivity index is 1.69. The molecule has 20 heavy (non-hydrogen) atoms. The summed E-state index contributed by atoms with van der Waals surface area (Å²) in [5, 5.41) is 3.21. The number of likely N-dealkylation sites (tertiary alicyclic amines) is 1. The zero-order valence-electron chi connectivity index (χ0n) is 12.1. The van der Waals surface area contributed by atoms with Crippen LogP contribution in [0.1, 0.15) is 29.6 Å². The lowest BCUT2D eigenvalue weighted by Crippen LogP contribution is -2.20. The van der Waals surface area contributed by atoms with Gasteiger partial charge in [-0.1, -0.05) is 0 Å². The Morgan fingerprint density at radius 3 is 3.10 bits per heavy atom. The number of imidazole rings is 1. The molecule has 1 aliphatic rings. The first-order valence-electron chi connectivity index (χ1n) is 7.11. The molecule has 0 amide bonds. The van der Waals surface area contributed by atoms with Crippen molar-refractivity contribution in [2.75, 3.05) is 25.5 Å². The topological polar surface area (TPSA) is 56.8 Å².